The summed E-state index contributed by atoms with van der Waals surface area (Å²) < 4.78 is 7.05. The van der Waals surface area contributed by atoms with Crippen LogP contribution in [0.4, 0.5) is 11.4 Å². The summed E-state index contributed by atoms with van der Waals surface area (Å²) in [4.78, 5) is 0. The van der Waals surface area contributed by atoms with Gasteiger partial charge >= 0.3 is 0 Å². The van der Waals surface area contributed by atoms with E-state index in [1.807, 2.05) is 0 Å². The largest absolute Gasteiger partial charge is 0.456 e. The van der Waals surface area contributed by atoms with Gasteiger partial charge < -0.3 is 9.73 Å². The molecule has 1 N–H and O–H groups in total. The third-order valence-corrected chi connectivity index (χ3v) is 14.3. The molecular weight excluding hydrogens is 737 g/mol. The van der Waals surface area contributed by atoms with E-state index in [2.05, 4.69) is 208 Å². The SMILES string of the molecule is CC(C)(C)c1ccc2c(c1)-c1cc(C(C)(C)C)cc3c1C2c1c(c(-c2c(Nc4ccc5c(c4)-c4ccccc4C5(C)C)ccc4ccccc24)cc2c1oc1ccccc12)[B]3. The molecule has 3 aliphatic rings. The van der Waals surface area contributed by atoms with Gasteiger partial charge in [0.15, 0.2) is 7.28 Å². The van der Waals surface area contributed by atoms with Crippen LogP contribution in [0.5, 0.6) is 0 Å². The maximum absolute atomic E-state index is 7.05. The highest BCUT2D eigenvalue weighted by atomic mass is 16.3. The lowest BCUT2D eigenvalue weighted by Crippen LogP contribution is -2.41. The maximum Gasteiger partial charge on any atom is 0.193 e. The second-order valence-electron chi connectivity index (χ2n) is 20.4. The fourth-order valence-electron chi connectivity index (χ4n) is 11.1. The minimum atomic E-state index is -0.0492. The average molecular weight is 787 g/mol. The van der Waals surface area contributed by atoms with Gasteiger partial charge in [-0.25, -0.2) is 0 Å². The molecule has 1 unspecified atom stereocenters. The molecule has 1 atom stereocenters. The third kappa shape index (κ3) is 5.22. The first-order valence-electron chi connectivity index (χ1n) is 22.0. The van der Waals surface area contributed by atoms with E-state index in [4.69, 9.17) is 4.42 Å². The Morgan fingerprint density at radius 3 is 2.10 bits per heavy atom. The van der Waals surface area contributed by atoms with Crippen molar-refractivity contribution in [1.29, 1.82) is 0 Å². The zero-order chi connectivity index (χ0) is 41.7. The number of nitrogens with one attached hydrogen (secondary N) is 1. The summed E-state index contributed by atoms with van der Waals surface area (Å²) in [7, 11) is 2.50. The minimum absolute atomic E-state index is 0.0244. The summed E-state index contributed by atoms with van der Waals surface area (Å²) in [6.45, 7) is 18.7. The van der Waals surface area contributed by atoms with Crippen molar-refractivity contribution < 1.29 is 4.42 Å². The standard InChI is InChI=1S/C58H49BNO/c1-56(2,3)33-22-24-39-40(27-33)42-28-34(57(4,5)6)29-47-51(42)52(39)53-54(59-47)44(31-43-38-18-12-14-20-49(38)61-55(43)53)50-36-16-10-9-15-32(36)21-26-48(50)60-35-23-25-46-41(30-35)37-17-11-13-19-45(37)58(46,7)8/h9-31,52,60H,1-8H3. The number of rotatable bonds is 3. The highest BCUT2D eigenvalue weighted by Crippen LogP contribution is 2.54. The van der Waals surface area contributed by atoms with Crippen molar-refractivity contribution >= 4 is 62.3 Å². The Kier molecular flexibility index (Phi) is 7.42. The molecule has 8 aromatic carbocycles. The topological polar surface area (TPSA) is 25.2 Å². The molecular formula is C58H49BNO. The van der Waals surface area contributed by atoms with Crippen molar-refractivity contribution in [3.63, 3.8) is 0 Å². The molecule has 12 rings (SSSR count). The lowest BCUT2D eigenvalue weighted by Gasteiger charge is -2.31. The lowest BCUT2D eigenvalue weighted by molar-refractivity contribution is 0.589. The van der Waals surface area contributed by atoms with Gasteiger partial charge in [0.1, 0.15) is 11.2 Å². The van der Waals surface area contributed by atoms with Crippen LogP contribution in [0, 0.1) is 0 Å². The van der Waals surface area contributed by atoms with Gasteiger partial charge in [0, 0.05) is 44.6 Å². The van der Waals surface area contributed by atoms with Crippen LogP contribution in [-0.2, 0) is 16.2 Å². The Balaban J connectivity index is 1.15. The number of fused-ring (bicyclic) bond motifs is 13. The number of furan rings is 1. The van der Waals surface area contributed by atoms with Gasteiger partial charge in [0.25, 0.3) is 0 Å². The van der Waals surface area contributed by atoms with Crippen LogP contribution in [0.1, 0.15) is 100 Å². The fourth-order valence-corrected chi connectivity index (χ4v) is 11.1. The van der Waals surface area contributed by atoms with Crippen LogP contribution in [-0.4, -0.2) is 7.28 Å². The summed E-state index contributed by atoms with van der Waals surface area (Å²) in [5.41, 5.74) is 23.8. The molecule has 295 valence electrons. The van der Waals surface area contributed by atoms with Crippen LogP contribution in [0.2, 0.25) is 0 Å². The monoisotopic (exact) mass is 786 g/mol. The number of hydrogen-bond acceptors (Lipinski definition) is 2. The predicted octanol–water partition coefficient (Wildman–Crippen LogP) is 14.2. The zero-order valence-corrected chi connectivity index (χ0v) is 36.3. The van der Waals surface area contributed by atoms with Gasteiger partial charge in [-0.05, 0) is 113 Å². The van der Waals surface area contributed by atoms with Crippen LogP contribution in [0.3, 0.4) is 0 Å². The van der Waals surface area contributed by atoms with Crippen LogP contribution in [0.25, 0.3) is 66.1 Å². The second-order valence-corrected chi connectivity index (χ2v) is 20.4. The number of hydrogen-bond donors (Lipinski definition) is 1. The first-order valence-corrected chi connectivity index (χ1v) is 22.0. The Hall–Kier alpha value is -6.32. The molecule has 1 aromatic heterocycles. The molecule has 0 amide bonds. The molecule has 2 aliphatic carbocycles. The highest BCUT2D eigenvalue weighted by Gasteiger charge is 2.42. The van der Waals surface area contributed by atoms with E-state index in [1.54, 1.807) is 0 Å². The van der Waals surface area contributed by atoms with Crippen molar-refractivity contribution in [2.75, 3.05) is 5.32 Å². The van der Waals surface area contributed by atoms with Crippen LogP contribution < -0.4 is 16.2 Å². The molecule has 0 fully saturated rings. The van der Waals surface area contributed by atoms with Crippen molar-refractivity contribution in [3.05, 3.63) is 178 Å². The molecule has 0 bridgehead atoms. The molecule has 2 nitrogen and oxygen atoms in total. The summed E-state index contributed by atoms with van der Waals surface area (Å²) in [6.07, 6.45) is 0. The number of benzene rings is 8. The molecule has 9 aromatic rings. The average Bonchev–Trinajstić information content (AvgIpc) is 3.86. The van der Waals surface area contributed by atoms with Gasteiger partial charge in [0.2, 0.25) is 0 Å². The van der Waals surface area contributed by atoms with E-state index < -0.39 is 0 Å². The molecule has 1 aliphatic heterocycles. The number of anilines is 2. The maximum atomic E-state index is 7.05. The van der Waals surface area contributed by atoms with E-state index >= 15 is 0 Å². The molecule has 0 saturated heterocycles. The summed E-state index contributed by atoms with van der Waals surface area (Å²) in [5.74, 6) is 0.0255. The van der Waals surface area contributed by atoms with Crippen LogP contribution >= 0.6 is 0 Å². The molecule has 3 heteroatoms. The lowest BCUT2D eigenvalue weighted by atomic mass is 9.51. The molecule has 0 saturated carbocycles. The molecule has 0 spiro atoms. The van der Waals surface area contributed by atoms with E-state index in [1.165, 1.54) is 94.0 Å². The van der Waals surface area contributed by atoms with Crippen LogP contribution in [0.15, 0.2) is 144 Å². The summed E-state index contributed by atoms with van der Waals surface area (Å²) >= 11 is 0. The van der Waals surface area contributed by atoms with Crippen molar-refractivity contribution in [3.8, 4) is 33.4 Å². The molecule has 2 heterocycles. The van der Waals surface area contributed by atoms with Crippen molar-refractivity contribution in [2.24, 2.45) is 0 Å². The van der Waals surface area contributed by atoms with Gasteiger partial charge in [-0.15, -0.1) is 0 Å². The van der Waals surface area contributed by atoms with E-state index in [-0.39, 0.29) is 22.2 Å². The van der Waals surface area contributed by atoms with E-state index in [0.29, 0.717) is 0 Å². The highest BCUT2D eigenvalue weighted by molar-refractivity contribution is 6.71. The zero-order valence-electron chi connectivity index (χ0n) is 36.3. The Labute approximate surface area is 359 Å². The van der Waals surface area contributed by atoms with Gasteiger partial charge in [-0.3, -0.25) is 0 Å². The predicted molar refractivity (Wildman–Crippen MR) is 259 cm³/mol. The number of para-hydroxylation sites is 1. The Morgan fingerprint density at radius 2 is 1.28 bits per heavy atom. The minimum Gasteiger partial charge on any atom is -0.456 e. The van der Waals surface area contributed by atoms with Gasteiger partial charge in [-0.2, -0.15) is 0 Å². The van der Waals surface area contributed by atoms with Crippen molar-refractivity contribution in [2.45, 2.75) is 77.6 Å². The quantitative estimate of drug-likeness (QED) is 0.181. The normalized spacial score (nSPS) is 15.6. The fraction of sp³-hybridized carbons (Fsp3) is 0.207. The summed E-state index contributed by atoms with van der Waals surface area (Å²) in [6, 6.07) is 52.6. The van der Waals surface area contributed by atoms with E-state index in [0.717, 1.165) is 33.3 Å². The van der Waals surface area contributed by atoms with E-state index in [9.17, 15) is 0 Å². The smallest absolute Gasteiger partial charge is 0.193 e. The Morgan fingerprint density at radius 1 is 0.557 bits per heavy atom. The van der Waals surface area contributed by atoms with Gasteiger partial charge in [-0.1, -0.05) is 176 Å². The first kappa shape index (κ1) is 36.5. The molecule has 1 radical (unpaired) electrons. The third-order valence-electron chi connectivity index (χ3n) is 14.3. The van der Waals surface area contributed by atoms with Crippen molar-refractivity contribution in [1.82, 2.24) is 0 Å². The Bertz CT molecular complexity index is 3370. The first-order chi connectivity index (χ1) is 29.3. The molecule has 61 heavy (non-hydrogen) atoms. The summed E-state index contributed by atoms with van der Waals surface area (Å²) in [5, 5.41) is 8.76. The second kappa shape index (κ2) is 12.4. The van der Waals surface area contributed by atoms with Gasteiger partial charge in [0.05, 0.1) is 0 Å².